The Hall–Kier alpha value is -2.08. The quantitative estimate of drug-likeness (QED) is 0.841. The maximum absolute atomic E-state index is 12.4. The molecule has 1 heterocycles. The topological polar surface area (TPSA) is 92.9 Å². The van der Waals surface area contributed by atoms with Crippen LogP contribution in [0.1, 0.15) is 32.3 Å². The maximum atomic E-state index is 12.4. The van der Waals surface area contributed by atoms with Crippen molar-refractivity contribution in [1.29, 1.82) is 0 Å². The van der Waals surface area contributed by atoms with Gasteiger partial charge in [-0.15, -0.1) is 0 Å². The summed E-state index contributed by atoms with van der Waals surface area (Å²) in [6.07, 6.45) is 1.18. The lowest BCUT2D eigenvalue weighted by molar-refractivity contribution is -0.148. The normalized spacial score (nSPS) is 21.3. The third-order valence-electron chi connectivity index (χ3n) is 3.93. The number of β-amino-alcohol motifs (C(OH)–C–C–N with tert-alkyl or cyclic N) is 1. The Balaban J connectivity index is 1.97. The standard InChI is InChI=1S/C17H24N2O4/c1-12(2)23-14-6-4-13(5-7-14)10-15(20)19-9-3-8-17(22,11-19)16(18)21/h4-7,12,22H,3,8-11H2,1-2H3,(H2,18,21). The number of nitrogens with zero attached hydrogens (tertiary/aromatic N) is 1. The molecule has 0 spiro atoms. The van der Waals surface area contributed by atoms with Crippen LogP contribution in [0.3, 0.4) is 0 Å². The summed E-state index contributed by atoms with van der Waals surface area (Å²) in [5.41, 5.74) is 4.48. The van der Waals surface area contributed by atoms with Gasteiger partial charge in [0.25, 0.3) is 5.91 Å². The lowest BCUT2D eigenvalue weighted by atomic mass is 9.92. The molecule has 0 aliphatic carbocycles. The number of ether oxygens (including phenoxy) is 1. The fourth-order valence-corrected chi connectivity index (χ4v) is 2.69. The molecule has 1 aliphatic heterocycles. The van der Waals surface area contributed by atoms with Gasteiger partial charge >= 0.3 is 0 Å². The zero-order valence-electron chi connectivity index (χ0n) is 13.6. The molecule has 6 nitrogen and oxygen atoms in total. The number of primary amides is 1. The van der Waals surface area contributed by atoms with Gasteiger partial charge in [0.15, 0.2) is 5.60 Å². The van der Waals surface area contributed by atoms with Gasteiger partial charge in [0, 0.05) is 6.54 Å². The van der Waals surface area contributed by atoms with Gasteiger partial charge in [-0.2, -0.15) is 0 Å². The van der Waals surface area contributed by atoms with Gasteiger partial charge in [0.2, 0.25) is 5.91 Å². The Morgan fingerprint density at radius 2 is 2.00 bits per heavy atom. The number of amides is 2. The molecule has 1 atom stereocenters. The van der Waals surface area contributed by atoms with Crippen molar-refractivity contribution in [2.75, 3.05) is 13.1 Å². The van der Waals surface area contributed by atoms with E-state index >= 15 is 0 Å². The number of carbonyl (C=O) groups excluding carboxylic acids is 2. The number of hydrogen-bond acceptors (Lipinski definition) is 4. The van der Waals surface area contributed by atoms with Crippen LogP contribution in [0.5, 0.6) is 5.75 Å². The Morgan fingerprint density at radius 3 is 2.57 bits per heavy atom. The summed E-state index contributed by atoms with van der Waals surface area (Å²) in [5, 5.41) is 10.2. The van der Waals surface area contributed by atoms with Crippen molar-refractivity contribution in [2.24, 2.45) is 5.73 Å². The average Bonchev–Trinajstić information content (AvgIpc) is 2.48. The molecule has 1 aromatic carbocycles. The molecule has 23 heavy (non-hydrogen) atoms. The molecule has 1 aromatic rings. The molecule has 2 amide bonds. The van der Waals surface area contributed by atoms with Crippen molar-refractivity contribution in [3.63, 3.8) is 0 Å². The Labute approximate surface area is 136 Å². The van der Waals surface area contributed by atoms with Gasteiger partial charge in [-0.1, -0.05) is 12.1 Å². The van der Waals surface area contributed by atoms with Gasteiger partial charge in [-0.25, -0.2) is 0 Å². The second-order valence-electron chi connectivity index (χ2n) is 6.30. The van der Waals surface area contributed by atoms with Crippen molar-refractivity contribution >= 4 is 11.8 Å². The lowest BCUT2D eigenvalue weighted by Crippen LogP contribution is -2.57. The molecule has 1 unspecified atom stereocenters. The number of aliphatic hydroxyl groups is 1. The summed E-state index contributed by atoms with van der Waals surface area (Å²) in [5.74, 6) is -0.135. The summed E-state index contributed by atoms with van der Waals surface area (Å²) in [7, 11) is 0. The second-order valence-corrected chi connectivity index (χ2v) is 6.30. The minimum absolute atomic E-state index is 0.0320. The summed E-state index contributed by atoms with van der Waals surface area (Å²) in [6, 6.07) is 7.36. The largest absolute Gasteiger partial charge is 0.491 e. The van der Waals surface area contributed by atoms with E-state index in [4.69, 9.17) is 10.5 Å². The lowest BCUT2D eigenvalue weighted by Gasteiger charge is -2.37. The highest BCUT2D eigenvalue weighted by atomic mass is 16.5. The number of piperidine rings is 1. The van der Waals surface area contributed by atoms with Crippen LogP contribution in [-0.2, 0) is 16.0 Å². The maximum Gasteiger partial charge on any atom is 0.251 e. The number of likely N-dealkylation sites (tertiary alicyclic amines) is 1. The highest BCUT2D eigenvalue weighted by Gasteiger charge is 2.40. The third-order valence-corrected chi connectivity index (χ3v) is 3.93. The molecule has 0 radical (unpaired) electrons. The minimum atomic E-state index is -1.61. The average molecular weight is 320 g/mol. The molecular weight excluding hydrogens is 296 g/mol. The summed E-state index contributed by atoms with van der Waals surface area (Å²) < 4.78 is 5.56. The molecule has 1 fully saturated rings. The van der Waals surface area contributed by atoms with Gasteiger partial charge < -0.3 is 20.5 Å². The summed E-state index contributed by atoms with van der Waals surface area (Å²) in [6.45, 7) is 4.40. The van der Waals surface area contributed by atoms with Crippen LogP contribution >= 0.6 is 0 Å². The Bertz CT molecular complexity index is 570. The van der Waals surface area contributed by atoms with Gasteiger partial charge in [-0.05, 0) is 44.4 Å². The van der Waals surface area contributed by atoms with Gasteiger partial charge in [0.1, 0.15) is 5.75 Å². The SMILES string of the molecule is CC(C)Oc1ccc(CC(=O)N2CCCC(O)(C(N)=O)C2)cc1. The van der Waals surface area contributed by atoms with Crippen LogP contribution in [0.15, 0.2) is 24.3 Å². The van der Waals surface area contributed by atoms with E-state index in [0.29, 0.717) is 19.4 Å². The smallest absolute Gasteiger partial charge is 0.251 e. The predicted molar refractivity (Wildman–Crippen MR) is 85.9 cm³/mol. The molecule has 3 N–H and O–H groups in total. The first-order chi connectivity index (χ1) is 10.8. The molecular formula is C17H24N2O4. The number of carbonyl (C=O) groups is 2. The monoisotopic (exact) mass is 320 g/mol. The first kappa shape index (κ1) is 17.3. The molecule has 0 bridgehead atoms. The van der Waals surface area contributed by atoms with Gasteiger partial charge in [0.05, 0.1) is 19.1 Å². The first-order valence-corrected chi connectivity index (χ1v) is 7.86. The van der Waals surface area contributed by atoms with Gasteiger partial charge in [-0.3, -0.25) is 9.59 Å². The third kappa shape index (κ3) is 4.45. The van der Waals surface area contributed by atoms with Crippen molar-refractivity contribution < 1.29 is 19.4 Å². The van der Waals surface area contributed by atoms with E-state index in [9.17, 15) is 14.7 Å². The van der Waals surface area contributed by atoms with E-state index in [0.717, 1.165) is 11.3 Å². The van der Waals surface area contributed by atoms with Crippen molar-refractivity contribution in [3.05, 3.63) is 29.8 Å². The fraction of sp³-hybridized carbons (Fsp3) is 0.529. The van der Waals surface area contributed by atoms with E-state index in [-0.39, 0.29) is 25.0 Å². The van der Waals surface area contributed by atoms with Crippen molar-refractivity contribution in [2.45, 2.75) is 44.8 Å². The molecule has 2 rings (SSSR count). The number of hydrogen-bond donors (Lipinski definition) is 2. The highest BCUT2D eigenvalue weighted by molar-refractivity contribution is 5.85. The highest BCUT2D eigenvalue weighted by Crippen LogP contribution is 2.22. The molecule has 126 valence electrons. The fourth-order valence-electron chi connectivity index (χ4n) is 2.69. The summed E-state index contributed by atoms with van der Waals surface area (Å²) >= 11 is 0. The first-order valence-electron chi connectivity index (χ1n) is 7.86. The molecule has 1 aliphatic rings. The summed E-state index contributed by atoms with van der Waals surface area (Å²) in [4.78, 5) is 25.2. The molecule has 0 saturated carbocycles. The number of benzene rings is 1. The van der Waals surface area contributed by atoms with Crippen LogP contribution in [-0.4, -0.2) is 46.6 Å². The molecule has 0 aromatic heterocycles. The Morgan fingerprint density at radius 1 is 1.35 bits per heavy atom. The van der Waals surface area contributed by atoms with Crippen molar-refractivity contribution in [1.82, 2.24) is 4.90 Å². The second kappa shape index (κ2) is 7.00. The number of nitrogens with two attached hydrogens (primary N) is 1. The number of rotatable bonds is 5. The molecule has 6 heteroatoms. The predicted octanol–water partition coefficient (Wildman–Crippen LogP) is 0.855. The van der Waals surface area contributed by atoms with Crippen LogP contribution in [0, 0.1) is 0 Å². The minimum Gasteiger partial charge on any atom is -0.491 e. The zero-order chi connectivity index (χ0) is 17.0. The van der Waals surface area contributed by atoms with Crippen molar-refractivity contribution in [3.8, 4) is 5.75 Å². The van der Waals surface area contributed by atoms with Crippen LogP contribution in [0.4, 0.5) is 0 Å². The van der Waals surface area contributed by atoms with Crippen LogP contribution in [0.25, 0.3) is 0 Å². The van der Waals surface area contributed by atoms with E-state index < -0.39 is 11.5 Å². The van der Waals surface area contributed by atoms with E-state index in [1.807, 2.05) is 38.1 Å². The van der Waals surface area contributed by atoms with Crippen LogP contribution in [0.2, 0.25) is 0 Å². The van der Waals surface area contributed by atoms with E-state index in [2.05, 4.69) is 0 Å². The zero-order valence-corrected chi connectivity index (χ0v) is 13.6. The van der Waals surface area contributed by atoms with Crippen LogP contribution < -0.4 is 10.5 Å². The van der Waals surface area contributed by atoms with E-state index in [1.165, 1.54) is 4.90 Å². The van der Waals surface area contributed by atoms with E-state index in [1.54, 1.807) is 0 Å². The molecule has 1 saturated heterocycles. The Kier molecular flexibility index (Phi) is 5.26.